The molecular weight excluding hydrogens is 474 g/mol. The van der Waals surface area contributed by atoms with Crippen molar-refractivity contribution in [2.45, 2.75) is 43.9 Å². The average molecular weight is 500 g/mol. The third-order valence-electron chi connectivity index (χ3n) is 6.34. The SMILES string of the molecule is Cc1ccc(S(=O)(=O)n2c(C(=O)CC#N)cc3cc(C)c(C4CCN(S(=O)O)CC4)cc32)cc1. The second-order valence-electron chi connectivity index (χ2n) is 8.57. The highest BCUT2D eigenvalue weighted by molar-refractivity contribution is 7.90. The summed E-state index contributed by atoms with van der Waals surface area (Å²) in [5, 5.41) is 9.66. The zero-order valence-corrected chi connectivity index (χ0v) is 20.5. The number of benzene rings is 2. The van der Waals surface area contributed by atoms with E-state index in [1.807, 2.05) is 32.0 Å². The summed E-state index contributed by atoms with van der Waals surface area (Å²) in [6.07, 6.45) is 0.886. The largest absolute Gasteiger partial charge is 0.294 e. The smallest absolute Gasteiger partial charge is 0.268 e. The predicted octanol–water partition coefficient (Wildman–Crippen LogP) is 3.91. The lowest BCUT2D eigenvalue weighted by atomic mass is 9.87. The van der Waals surface area contributed by atoms with E-state index in [1.54, 1.807) is 12.1 Å². The summed E-state index contributed by atoms with van der Waals surface area (Å²) in [4.78, 5) is 12.8. The number of hydrogen-bond donors (Lipinski definition) is 1. The molecule has 0 radical (unpaired) electrons. The Morgan fingerprint density at radius 2 is 1.79 bits per heavy atom. The Labute approximate surface area is 201 Å². The normalized spacial score (nSPS) is 16.4. The van der Waals surface area contributed by atoms with Gasteiger partial charge in [-0.2, -0.15) is 5.26 Å². The first kappa shape index (κ1) is 24.3. The number of Topliss-reactive ketones (excluding diaryl/α,β-unsaturated/α-hetero) is 1. The molecule has 2 aromatic carbocycles. The van der Waals surface area contributed by atoms with Gasteiger partial charge in [-0.3, -0.25) is 9.35 Å². The van der Waals surface area contributed by atoms with Crippen molar-refractivity contribution in [3.05, 3.63) is 64.8 Å². The van der Waals surface area contributed by atoms with E-state index in [9.17, 15) is 22.0 Å². The van der Waals surface area contributed by atoms with Crippen LogP contribution in [0.25, 0.3) is 10.9 Å². The number of nitriles is 1. The molecular formula is C24H25N3O5S2. The minimum absolute atomic E-state index is 0.0424. The lowest BCUT2D eigenvalue weighted by Gasteiger charge is -2.30. The fourth-order valence-electron chi connectivity index (χ4n) is 4.56. The number of ketones is 1. The number of aryl methyl sites for hydroxylation is 2. The van der Waals surface area contributed by atoms with Crippen molar-refractivity contribution in [1.82, 2.24) is 8.28 Å². The minimum atomic E-state index is -4.11. The first-order chi connectivity index (χ1) is 16.1. The van der Waals surface area contributed by atoms with Crippen LogP contribution in [0.5, 0.6) is 0 Å². The summed E-state index contributed by atoms with van der Waals surface area (Å²) in [5.74, 6) is -0.472. The Bertz CT molecular complexity index is 1430. The summed E-state index contributed by atoms with van der Waals surface area (Å²) in [6.45, 7) is 4.71. The summed E-state index contributed by atoms with van der Waals surface area (Å²) < 4.78 is 50.7. The number of hydrogen-bond acceptors (Lipinski definition) is 5. The van der Waals surface area contributed by atoms with Gasteiger partial charge in [0.1, 0.15) is 12.1 Å². The van der Waals surface area contributed by atoms with Gasteiger partial charge in [0, 0.05) is 18.5 Å². The molecule has 178 valence electrons. The van der Waals surface area contributed by atoms with E-state index in [1.165, 1.54) is 22.5 Å². The van der Waals surface area contributed by atoms with E-state index in [-0.39, 0.29) is 16.5 Å². The van der Waals surface area contributed by atoms with Crippen molar-refractivity contribution < 1.29 is 22.0 Å². The molecule has 1 atom stereocenters. The molecule has 1 aliphatic heterocycles. The maximum Gasteiger partial charge on any atom is 0.268 e. The molecule has 0 saturated carbocycles. The van der Waals surface area contributed by atoms with Gasteiger partial charge in [-0.15, -0.1) is 0 Å². The first-order valence-corrected chi connectivity index (χ1v) is 13.4. The molecule has 1 fully saturated rings. The van der Waals surface area contributed by atoms with E-state index in [2.05, 4.69) is 0 Å². The predicted molar refractivity (Wildman–Crippen MR) is 129 cm³/mol. The summed E-state index contributed by atoms with van der Waals surface area (Å²) in [5.41, 5.74) is 3.16. The lowest BCUT2D eigenvalue weighted by Crippen LogP contribution is -2.34. The molecule has 1 aliphatic rings. The molecule has 3 aromatic rings. The molecule has 10 heteroatoms. The second-order valence-corrected chi connectivity index (χ2v) is 11.3. The van der Waals surface area contributed by atoms with Gasteiger partial charge in [-0.25, -0.2) is 20.9 Å². The van der Waals surface area contributed by atoms with Crippen LogP contribution in [0.15, 0.2) is 47.4 Å². The fourth-order valence-corrected chi connectivity index (χ4v) is 6.60. The highest BCUT2D eigenvalue weighted by Gasteiger charge is 2.29. The highest BCUT2D eigenvalue weighted by atomic mass is 32.2. The van der Waals surface area contributed by atoms with Crippen LogP contribution in [0.1, 0.15) is 52.4 Å². The van der Waals surface area contributed by atoms with Gasteiger partial charge in [0.25, 0.3) is 10.0 Å². The molecule has 1 aromatic heterocycles. The van der Waals surface area contributed by atoms with Gasteiger partial charge >= 0.3 is 0 Å². The van der Waals surface area contributed by atoms with Crippen LogP contribution in [0.3, 0.4) is 0 Å². The molecule has 0 bridgehead atoms. The van der Waals surface area contributed by atoms with Crippen molar-refractivity contribution in [3.8, 4) is 6.07 Å². The van der Waals surface area contributed by atoms with Crippen molar-refractivity contribution >= 4 is 38.0 Å². The van der Waals surface area contributed by atoms with E-state index in [4.69, 9.17) is 5.26 Å². The van der Waals surface area contributed by atoms with Gasteiger partial charge < -0.3 is 0 Å². The van der Waals surface area contributed by atoms with Crippen molar-refractivity contribution in [2.24, 2.45) is 0 Å². The first-order valence-electron chi connectivity index (χ1n) is 10.9. The van der Waals surface area contributed by atoms with E-state index >= 15 is 0 Å². The van der Waals surface area contributed by atoms with Crippen LogP contribution in [-0.4, -0.2) is 44.3 Å². The molecule has 1 N–H and O–H groups in total. The van der Waals surface area contributed by atoms with Crippen molar-refractivity contribution in [3.63, 3.8) is 0 Å². The maximum atomic E-state index is 13.7. The molecule has 0 aliphatic carbocycles. The van der Waals surface area contributed by atoms with Gasteiger partial charge in [-0.1, -0.05) is 17.7 Å². The molecule has 1 saturated heterocycles. The minimum Gasteiger partial charge on any atom is -0.294 e. The Kier molecular flexibility index (Phi) is 6.73. The third-order valence-corrected chi connectivity index (χ3v) is 8.89. The van der Waals surface area contributed by atoms with E-state index in [0.29, 0.717) is 36.8 Å². The maximum absolute atomic E-state index is 13.7. The average Bonchev–Trinajstić information content (AvgIpc) is 3.18. The topological polar surface area (TPSA) is 120 Å². The van der Waals surface area contributed by atoms with Crippen molar-refractivity contribution in [1.29, 1.82) is 5.26 Å². The zero-order chi connectivity index (χ0) is 24.6. The second kappa shape index (κ2) is 9.43. The third kappa shape index (κ3) is 4.44. The van der Waals surface area contributed by atoms with Gasteiger partial charge in [0.15, 0.2) is 5.78 Å². The number of carbonyl (C=O) groups excluding carboxylic acids is 1. The monoisotopic (exact) mass is 499 g/mol. The van der Waals surface area contributed by atoms with E-state index in [0.717, 1.165) is 20.7 Å². The van der Waals surface area contributed by atoms with Crippen LogP contribution in [0.4, 0.5) is 0 Å². The quantitative estimate of drug-likeness (QED) is 0.406. The Hall–Kier alpha value is -2.84. The van der Waals surface area contributed by atoms with Gasteiger partial charge in [-0.05, 0) is 74.1 Å². The molecule has 8 nitrogen and oxygen atoms in total. The molecule has 2 heterocycles. The van der Waals surface area contributed by atoms with Crippen LogP contribution in [-0.2, 0) is 21.3 Å². The highest BCUT2D eigenvalue weighted by Crippen LogP contribution is 2.35. The van der Waals surface area contributed by atoms with E-state index < -0.39 is 33.5 Å². The van der Waals surface area contributed by atoms with Gasteiger partial charge in [0.2, 0.25) is 11.3 Å². The Balaban J connectivity index is 1.89. The molecule has 0 spiro atoms. The molecule has 0 amide bonds. The van der Waals surface area contributed by atoms with Gasteiger partial charge in [0.05, 0.1) is 16.5 Å². The van der Waals surface area contributed by atoms with Crippen LogP contribution in [0, 0.1) is 25.2 Å². The van der Waals surface area contributed by atoms with Crippen LogP contribution >= 0.6 is 0 Å². The number of fused-ring (bicyclic) bond motifs is 1. The number of rotatable bonds is 6. The number of nitrogens with zero attached hydrogens (tertiary/aromatic N) is 3. The van der Waals surface area contributed by atoms with Crippen molar-refractivity contribution in [2.75, 3.05) is 13.1 Å². The molecule has 4 rings (SSSR count). The summed E-state index contributed by atoms with van der Waals surface area (Å²) in [6, 6.07) is 13.4. The molecule has 34 heavy (non-hydrogen) atoms. The zero-order valence-electron chi connectivity index (χ0n) is 18.9. The van der Waals surface area contributed by atoms with Crippen LogP contribution in [0.2, 0.25) is 0 Å². The summed E-state index contributed by atoms with van der Waals surface area (Å²) in [7, 11) is -4.11. The van der Waals surface area contributed by atoms with Crippen LogP contribution < -0.4 is 0 Å². The summed E-state index contributed by atoms with van der Waals surface area (Å²) >= 11 is -2.01. The number of carbonyl (C=O) groups is 1. The Morgan fingerprint density at radius 1 is 1.15 bits per heavy atom. The Morgan fingerprint density at radius 3 is 2.38 bits per heavy atom. The lowest BCUT2D eigenvalue weighted by molar-refractivity contribution is 0.0992. The standard InChI is InChI=1S/C24H25N3O5S2/c1-16-3-5-20(6-4-16)34(31,32)27-22-15-21(18-8-11-26(12-9-18)33(29)30)17(2)13-19(22)14-23(27)24(28)7-10-25/h3-6,13-15,18H,7-9,11-12H2,1-2H3,(H,29,30). The molecule has 1 unspecified atom stereocenters. The number of piperidine rings is 1. The fraction of sp³-hybridized carbons (Fsp3) is 0.333. The number of aromatic nitrogens is 1.